The average molecular weight is 684 g/mol. The van der Waals surface area contributed by atoms with Gasteiger partial charge in [0.2, 0.25) is 28.2 Å². The highest BCUT2D eigenvalue weighted by molar-refractivity contribution is 7.90. The van der Waals surface area contributed by atoms with Gasteiger partial charge in [-0.15, -0.1) is 37.3 Å². The van der Waals surface area contributed by atoms with Crippen molar-refractivity contribution in [3.8, 4) is 24.4 Å². The van der Waals surface area contributed by atoms with Crippen LogP contribution in [0.1, 0.15) is 59.3 Å². The molecule has 254 valence electrons. The number of terminal acetylenes is 1. The summed E-state index contributed by atoms with van der Waals surface area (Å²) in [4.78, 5) is 47.4. The Kier molecular flexibility index (Phi) is 12.7. The first-order valence-corrected chi connectivity index (χ1v) is 17.8. The van der Waals surface area contributed by atoms with Gasteiger partial charge in [0.05, 0.1) is 16.3 Å². The van der Waals surface area contributed by atoms with E-state index >= 15 is 0 Å². The van der Waals surface area contributed by atoms with Crippen molar-refractivity contribution in [3.05, 3.63) is 42.8 Å². The van der Waals surface area contributed by atoms with E-state index in [2.05, 4.69) is 36.6 Å². The SMILES string of the molecule is C#C.C=C.Cn1c(-c2csc(N[C@H](C(=O)N3CCC[C@H]3C(=O)NC3CC3)C(C)(C)C)n2)nc2ccccc21.O=CNS(=O)(=O)C1CC1. The molecular weight excluding hydrogens is 639 g/mol. The number of carbonyl (C=O) groups excluding carboxylic acids is 3. The summed E-state index contributed by atoms with van der Waals surface area (Å²) in [5.74, 6) is 0.736. The lowest BCUT2D eigenvalue weighted by atomic mass is 9.85. The summed E-state index contributed by atoms with van der Waals surface area (Å²) in [6.07, 6.45) is 13.2. The number of hydrogen-bond donors (Lipinski definition) is 3. The van der Waals surface area contributed by atoms with Gasteiger partial charge in [0, 0.05) is 25.0 Å². The smallest absolute Gasteiger partial charge is 0.246 e. The molecule has 0 radical (unpaired) electrons. The highest BCUT2D eigenvalue weighted by Gasteiger charge is 2.42. The quantitative estimate of drug-likeness (QED) is 0.173. The molecule has 2 aromatic heterocycles. The van der Waals surface area contributed by atoms with E-state index in [1.54, 1.807) is 9.62 Å². The molecule has 3 fully saturated rings. The Bertz CT molecular complexity index is 1670. The molecule has 3 heterocycles. The summed E-state index contributed by atoms with van der Waals surface area (Å²) in [6, 6.07) is 7.41. The third-order valence-electron chi connectivity index (χ3n) is 7.84. The minimum absolute atomic E-state index is 0.0145. The van der Waals surface area contributed by atoms with Crippen LogP contribution in [0.4, 0.5) is 5.13 Å². The van der Waals surface area contributed by atoms with E-state index in [4.69, 9.17) is 9.97 Å². The van der Waals surface area contributed by atoms with E-state index in [1.807, 2.05) is 62.0 Å². The van der Waals surface area contributed by atoms with E-state index in [0.717, 1.165) is 48.2 Å². The number of imidazole rings is 1. The minimum Gasteiger partial charge on any atom is -0.352 e. The van der Waals surface area contributed by atoms with Gasteiger partial charge in [-0.2, -0.15) is 0 Å². The largest absolute Gasteiger partial charge is 0.352 e. The number of anilines is 1. The molecule has 6 rings (SSSR count). The summed E-state index contributed by atoms with van der Waals surface area (Å²) in [7, 11) is -1.27. The fraction of sp³-hybridized carbons (Fsp3) is 0.485. The van der Waals surface area contributed by atoms with Crippen LogP contribution >= 0.6 is 11.3 Å². The fourth-order valence-electron chi connectivity index (χ4n) is 5.13. The van der Waals surface area contributed by atoms with Crippen molar-refractivity contribution in [2.45, 2.75) is 82.7 Å². The number of carbonyl (C=O) groups is 3. The number of hydrogen-bond acceptors (Lipinski definition) is 9. The topological polar surface area (TPSA) is 155 Å². The van der Waals surface area contributed by atoms with Crippen molar-refractivity contribution in [3.63, 3.8) is 0 Å². The van der Waals surface area contributed by atoms with Gasteiger partial charge in [-0.1, -0.05) is 32.9 Å². The van der Waals surface area contributed by atoms with Crippen molar-refractivity contribution >= 4 is 55.7 Å². The van der Waals surface area contributed by atoms with Crippen LogP contribution in [-0.2, 0) is 31.5 Å². The maximum absolute atomic E-state index is 13.7. The molecule has 1 aliphatic heterocycles. The number of fused-ring (bicyclic) bond motifs is 1. The number of nitrogens with one attached hydrogen (secondary N) is 3. The second-order valence-corrected chi connectivity index (χ2v) is 15.3. The van der Waals surface area contributed by atoms with E-state index in [9.17, 15) is 22.8 Å². The van der Waals surface area contributed by atoms with Crippen molar-refractivity contribution in [2.75, 3.05) is 11.9 Å². The maximum Gasteiger partial charge on any atom is 0.246 e. The number of nitrogens with zero attached hydrogens (tertiary/aromatic N) is 4. The Balaban J connectivity index is 0.000000393. The second-order valence-electron chi connectivity index (χ2n) is 12.4. The number of sulfonamides is 1. The van der Waals surface area contributed by atoms with Crippen molar-refractivity contribution in [1.82, 2.24) is 29.5 Å². The van der Waals surface area contributed by atoms with Gasteiger partial charge in [-0.05, 0) is 56.1 Å². The number of likely N-dealkylation sites (tertiary alicyclic amines) is 1. The van der Waals surface area contributed by atoms with Crippen molar-refractivity contribution < 1.29 is 22.8 Å². The Morgan fingerprint density at radius 2 is 1.74 bits per heavy atom. The summed E-state index contributed by atoms with van der Waals surface area (Å²) in [5.41, 5.74) is 2.39. The molecule has 3 N–H and O–H groups in total. The number of benzene rings is 1. The molecular formula is C33H45N7O5S2. The van der Waals surface area contributed by atoms with Gasteiger partial charge in [0.1, 0.15) is 17.8 Å². The number of rotatable bonds is 9. The van der Waals surface area contributed by atoms with Gasteiger partial charge >= 0.3 is 0 Å². The van der Waals surface area contributed by atoms with Crippen LogP contribution < -0.4 is 15.4 Å². The van der Waals surface area contributed by atoms with E-state index in [0.29, 0.717) is 24.5 Å². The average Bonchev–Trinajstić information content (AvgIpc) is 3.94. The molecule has 2 aliphatic carbocycles. The molecule has 14 heteroatoms. The van der Waals surface area contributed by atoms with Gasteiger partial charge in [0.25, 0.3) is 0 Å². The highest BCUT2D eigenvalue weighted by Crippen LogP contribution is 2.32. The highest BCUT2D eigenvalue weighted by atomic mass is 32.2. The van der Waals surface area contributed by atoms with Gasteiger partial charge < -0.3 is 20.1 Å². The van der Waals surface area contributed by atoms with Crippen LogP contribution in [0.2, 0.25) is 0 Å². The summed E-state index contributed by atoms with van der Waals surface area (Å²) >= 11 is 1.47. The Labute approximate surface area is 281 Å². The molecule has 1 aromatic carbocycles. The number of aryl methyl sites for hydroxylation is 1. The number of aromatic nitrogens is 3. The second kappa shape index (κ2) is 16.1. The molecule has 1 saturated heterocycles. The number of amides is 3. The van der Waals surface area contributed by atoms with E-state index in [-0.39, 0.29) is 41.0 Å². The molecule has 12 nitrogen and oxygen atoms in total. The molecule has 3 aliphatic rings. The zero-order valence-corrected chi connectivity index (χ0v) is 29.1. The van der Waals surface area contributed by atoms with Gasteiger partial charge in [-0.3, -0.25) is 19.1 Å². The monoisotopic (exact) mass is 683 g/mol. The first-order valence-electron chi connectivity index (χ1n) is 15.4. The Morgan fingerprint density at radius 3 is 2.32 bits per heavy atom. The standard InChI is InChI=1S/C25H32N6O2S.C4H7NO3S.C2H4.C2H2/c1-25(2,3)20(23(33)31-13-7-10-19(31)22(32)26-15-11-12-15)29-24-28-17(14-34-24)21-27-16-8-5-6-9-18(16)30(21)4;6-3-5-9(7,8)4-1-2-4;2*1-2/h5-6,8-9,14-15,19-20H,7,10-13H2,1-4H3,(H,26,32)(H,28,29);3-4H,1-2H2,(H,5,6);1-2H2;1-2H/t19-,20+;;;/m0.../s1. The zero-order valence-electron chi connectivity index (χ0n) is 27.4. The van der Waals surface area contributed by atoms with E-state index in [1.165, 1.54) is 11.3 Å². The maximum atomic E-state index is 13.7. The molecule has 0 bridgehead atoms. The third kappa shape index (κ3) is 9.42. The number of para-hydroxylation sites is 2. The van der Waals surface area contributed by atoms with Crippen LogP contribution in [0.25, 0.3) is 22.6 Å². The third-order valence-corrected chi connectivity index (χ3v) is 10.4. The summed E-state index contributed by atoms with van der Waals surface area (Å²) < 4.78 is 25.1. The van der Waals surface area contributed by atoms with Crippen LogP contribution in [0.3, 0.4) is 0 Å². The molecule has 3 amide bonds. The fourth-order valence-corrected chi connectivity index (χ4v) is 6.93. The summed E-state index contributed by atoms with van der Waals surface area (Å²) in [5, 5.41) is 8.81. The first-order chi connectivity index (χ1) is 22.4. The molecule has 0 unspecified atom stereocenters. The first kappa shape index (κ1) is 37.2. The van der Waals surface area contributed by atoms with Gasteiger partial charge in [0.15, 0.2) is 11.0 Å². The lowest BCUT2D eigenvalue weighted by molar-refractivity contribution is -0.140. The van der Waals surface area contributed by atoms with Crippen LogP contribution in [0.15, 0.2) is 42.8 Å². The molecule has 2 atom stereocenters. The van der Waals surface area contributed by atoms with Crippen LogP contribution in [0, 0.1) is 18.3 Å². The molecule has 2 saturated carbocycles. The lowest BCUT2D eigenvalue weighted by Gasteiger charge is -2.35. The zero-order chi connectivity index (χ0) is 34.9. The summed E-state index contributed by atoms with van der Waals surface area (Å²) in [6.45, 7) is 12.7. The normalized spacial score (nSPS) is 17.8. The lowest BCUT2D eigenvalue weighted by Crippen LogP contribution is -2.54. The van der Waals surface area contributed by atoms with Crippen molar-refractivity contribution in [1.29, 1.82) is 0 Å². The molecule has 0 spiro atoms. The molecule has 47 heavy (non-hydrogen) atoms. The molecule has 3 aromatic rings. The van der Waals surface area contributed by atoms with Crippen molar-refractivity contribution in [2.24, 2.45) is 12.5 Å². The van der Waals surface area contributed by atoms with Crippen LogP contribution in [0.5, 0.6) is 0 Å². The minimum atomic E-state index is -3.26. The Morgan fingerprint density at radius 1 is 1.09 bits per heavy atom. The van der Waals surface area contributed by atoms with E-state index < -0.39 is 16.1 Å². The van der Waals surface area contributed by atoms with Crippen LogP contribution in [-0.4, -0.2) is 76.0 Å². The Hall–Kier alpha value is -4.22. The number of thiazole rings is 1. The predicted molar refractivity (Wildman–Crippen MR) is 187 cm³/mol. The van der Waals surface area contributed by atoms with Gasteiger partial charge in [-0.25, -0.2) is 18.4 Å². The predicted octanol–water partition coefficient (Wildman–Crippen LogP) is 4.07.